The number of nitrogens with two attached hydrogens (primary N) is 1. The SMILES string of the molecule is CCCC(CN)NC(=O)c1ccc(Br)c(F)c1. The molecule has 3 N–H and O–H groups in total. The average Bonchev–Trinajstić information content (AvgIpc) is 2.31. The number of hydrogen-bond acceptors (Lipinski definition) is 2. The van der Waals surface area contributed by atoms with Crippen molar-refractivity contribution >= 4 is 21.8 Å². The van der Waals surface area contributed by atoms with E-state index in [-0.39, 0.29) is 11.9 Å². The molecule has 0 saturated heterocycles. The molecule has 0 bridgehead atoms. The maximum atomic E-state index is 13.3. The molecule has 0 aliphatic rings. The summed E-state index contributed by atoms with van der Waals surface area (Å²) in [6.07, 6.45) is 1.76. The second-order valence-corrected chi connectivity index (χ2v) is 4.68. The number of carbonyl (C=O) groups is 1. The lowest BCUT2D eigenvalue weighted by atomic mass is 10.1. The molecule has 0 spiro atoms. The highest BCUT2D eigenvalue weighted by atomic mass is 79.9. The van der Waals surface area contributed by atoms with Crippen molar-refractivity contribution in [1.82, 2.24) is 5.32 Å². The molecule has 1 aromatic rings. The first-order valence-corrected chi connectivity index (χ1v) is 6.33. The van der Waals surface area contributed by atoms with E-state index in [1.807, 2.05) is 6.92 Å². The molecule has 1 atom stereocenters. The van der Waals surface area contributed by atoms with E-state index in [1.54, 1.807) is 6.07 Å². The van der Waals surface area contributed by atoms with Gasteiger partial charge >= 0.3 is 0 Å². The lowest BCUT2D eigenvalue weighted by Crippen LogP contribution is -2.40. The number of benzene rings is 1. The van der Waals surface area contributed by atoms with Gasteiger partial charge in [0.1, 0.15) is 5.82 Å². The van der Waals surface area contributed by atoms with Gasteiger partial charge in [-0.25, -0.2) is 4.39 Å². The summed E-state index contributed by atoms with van der Waals surface area (Å²) in [6, 6.07) is 4.24. The van der Waals surface area contributed by atoms with E-state index in [1.165, 1.54) is 12.1 Å². The molecule has 0 heterocycles. The van der Waals surface area contributed by atoms with Crippen molar-refractivity contribution in [3.8, 4) is 0 Å². The fraction of sp³-hybridized carbons (Fsp3) is 0.417. The molecule has 1 amide bonds. The molecule has 1 unspecified atom stereocenters. The van der Waals surface area contributed by atoms with Crippen LogP contribution in [-0.2, 0) is 0 Å². The molecule has 0 aliphatic heterocycles. The average molecular weight is 303 g/mol. The van der Waals surface area contributed by atoms with E-state index in [0.717, 1.165) is 12.8 Å². The van der Waals surface area contributed by atoms with Crippen LogP contribution in [-0.4, -0.2) is 18.5 Å². The highest BCUT2D eigenvalue weighted by Crippen LogP contribution is 2.16. The summed E-state index contributed by atoms with van der Waals surface area (Å²) in [5.41, 5.74) is 5.85. The Morgan fingerprint density at radius 2 is 2.29 bits per heavy atom. The van der Waals surface area contributed by atoms with Crippen LogP contribution in [0.25, 0.3) is 0 Å². The number of rotatable bonds is 5. The van der Waals surface area contributed by atoms with Gasteiger partial charge in [-0.1, -0.05) is 13.3 Å². The maximum absolute atomic E-state index is 13.3. The molecule has 0 saturated carbocycles. The summed E-state index contributed by atoms with van der Waals surface area (Å²) in [5.74, 6) is -0.738. The van der Waals surface area contributed by atoms with Crippen molar-refractivity contribution in [3.05, 3.63) is 34.1 Å². The Morgan fingerprint density at radius 3 is 2.82 bits per heavy atom. The Balaban J connectivity index is 2.72. The van der Waals surface area contributed by atoms with Crippen molar-refractivity contribution in [2.45, 2.75) is 25.8 Å². The van der Waals surface area contributed by atoms with Gasteiger partial charge in [0, 0.05) is 18.2 Å². The smallest absolute Gasteiger partial charge is 0.251 e. The van der Waals surface area contributed by atoms with E-state index >= 15 is 0 Å². The van der Waals surface area contributed by atoms with Crippen LogP contribution in [0.2, 0.25) is 0 Å². The zero-order valence-corrected chi connectivity index (χ0v) is 11.3. The zero-order chi connectivity index (χ0) is 12.8. The van der Waals surface area contributed by atoms with Crippen LogP contribution in [0.4, 0.5) is 4.39 Å². The molecule has 17 heavy (non-hydrogen) atoms. The minimum absolute atomic E-state index is 0.0563. The molecule has 0 fully saturated rings. The van der Waals surface area contributed by atoms with Gasteiger partial charge in [-0.05, 0) is 40.5 Å². The molecule has 0 aromatic heterocycles. The fourth-order valence-corrected chi connectivity index (χ4v) is 1.75. The standard InChI is InChI=1S/C12H16BrFN2O/c1-2-3-9(7-15)16-12(17)8-4-5-10(13)11(14)6-8/h4-6,9H,2-3,7,15H2,1H3,(H,16,17). The molecular weight excluding hydrogens is 287 g/mol. The van der Waals surface area contributed by atoms with Crippen LogP contribution in [0.15, 0.2) is 22.7 Å². The number of halogens is 2. The Bertz CT molecular complexity index is 398. The van der Waals surface area contributed by atoms with Crippen LogP contribution in [0.5, 0.6) is 0 Å². The minimum Gasteiger partial charge on any atom is -0.348 e. The van der Waals surface area contributed by atoms with Crippen molar-refractivity contribution in [2.24, 2.45) is 5.73 Å². The Hall–Kier alpha value is -0.940. The minimum atomic E-state index is -0.447. The number of carbonyl (C=O) groups excluding carboxylic acids is 1. The fourth-order valence-electron chi connectivity index (χ4n) is 1.50. The van der Waals surface area contributed by atoms with Crippen LogP contribution in [0, 0.1) is 5.82 Å². The predicted molar refractivity (Wildman–Crippen MR) is 69.3 cm³/mol. The molecule has 0 aliphatic carbocycles. The quantitative estimate of drug-likeness (QED) is 0.878. The summed E-state index contributed by atoms with van der Waals surface area (Å²) in [7, 11) is 0. The summed E-state index contributed by atoms with van der Waals surface area (Å²) in [4.78, 5) is 11.8. The second kappa shape index (κ2) is 6.71. The molecule has 1 rings (SSSR count). The molecule has 1 aromatic carbocycles. The van der Waals surface area contributed by atoms with Crippen LogP contribution in [0.3, 0.4) is 0 Å². The van der Waals surface area contributed by atoms with E-state index in [2.05, 4.69) is 21.2 Å². The highest BCUT2D eigenvalue weighted by Gasteiger charge is 2.12. The third-order valence-electron chi connectivity index (χ3n) is 2.44. The number of amides is 1. The first-order chi connectivity index (χ1) is 8.08. The topological polar surface area (TPSA) is 55.1 Å². The van der Waals surface area contributed by atoms with Gasteiger partial charge in [0.2, 0.25) is 0 Å². The van der Waals surface area contributed by atoms with Gasteiger partial charge in [-0.2, -0.15) is 0 Å². The Morgan fingerprint density at radius 1 is 1.59 bits per heavy atom. The molecular formula is C12H16BrFN2O. The Kier molecular flexibility index (Phi) is 5.58. The van der Waals surface area contributed by atoms with Gasteiger partial charge in [0.25, 0.3) is 5.91 Å². The van der Waals surface area contributed by atoms with Crippen molar-refractivity contribution in [2.75, 3.05) is 6.54 Å². The van der Waals surface area contributed by atoms with Gasteiger partial charge in [0.05, 0.1) is 4.47 Å². The van der Waals surface area contributed by atoms with Gasteiger partial charge in [0.15, 0.2) is 0 Å². The zero-order valence-electron chi connectivity index (χ0n) is 9.67. The number of hydrogen-bond donors (Lipinski definition) is 2. The summed E-state index contributed by atoms with van der Waals surface area (Å²) < 4.78 is 13.6. The number of nitrogens with one attached hydrogen (secondary N) is 1. The second-order valence-electron chi connectivity index (χ2n) is 3.82. The molecule has 94 valence electrons. The third-order valence-corrected chi connectivity index (χ3v) is 3.08. The monoisotopic (exact) mass is 302 g/mol. The van der Waals surface area contributed by atoms with Crippen LogP contribution < -0.4 is 11.1 Å². The van der Waals surface area contributed by atoms with E-state index in [4.69, 9.17) is 5.73 Å². The predicted octanol–water partition coefficient (Wildman–Crippen LogP) is 2.45. The summed E-state index contributed by atoms with van der Waals surface area (Å²) >= 11 is 3.04. The van der Waals surface area contributed by atoms with Crippen molar-refractivity contribution in [1.29, 1.82) is 0 Å². The Labute approximate surface area is 109 Å². The molecule has 0 radical (unpaired) electrons. The van der Waals surface area contributed by atoms with Gasteiger partial charge < -0.3 is 11.1 Å². The molecule has 5 heteroatoms. The first-order valence-electron chi connectivity index (χ1n) is 5.54. The molecule has 3 nitrogen and oxygen atoms in total. The van der Waals surface area contributed by atoms with Crippen LogP contribution >= 0.6 is 15.9 Å². The normalized spacial score (nSPS) is 12.2. The highest BCUT2D eigenvalue weighted by molar-refractivity contribution is 9.10. The summed E-state index contributed by atoms with van der Waals surface area (Å²) in [6.45, 7) is 2.41. The van der Waals surface area contributed by atoms with E-state index in [0.29, 0.717) is 16.6 Å². The van der Waals surface area contributed by atoms with E-state index in [9.17, 15) is 9.18 Å². The van der Waals surface area contributed by atoms with Crippen molar-refractivity contribution in [3.63, 3.8) is 0 Å². The maximum Gasteiger partial charge on any atom is 0.251 e. The van der Waals surface area contributed by atoms with Crippen LogP contribution in [0.1, 0.15) is 30.1 Å². The van der Waals surface area contributed by atoms with E-state index < -0.39 is 5.82 Å². The first kappa shape index (κ1) is 14.1. The van der Waals surface area contributed by atoms with Gasteiger partial charge in [-0.15, -0.1) is 0 Å². The summed E-state index contributed by atoms with van der Waals surface area (Å²) in [5, 5.41) is 2.78. The largest absolute Gasteiger partial charge is 0.348 e. The van der Waals surface area contributed by atoms with Crippen molar-refractivity contribution < 1.29 is 9.18 Å². The van der Waals surface area contributed by atoms with Gasteiger partial charge in [-0.3, -0.25) is 4.79 Å². The lowest BCUT2D eigenvalue weighted by molar-refractivity contribution is 0.0935. The lowest BCUT2D eigenvalue weighted by Gasteiger charge is -2.15. The third kappa shape index (κ3) is 4.09.